The largest absolute Gasteiger partial charge is 0.491 e. The van der Waals surface area contributed by atoms with Crippen molar-refractivity contribution in [3.8, 4) is 5.75 Å². The standard InChI is InChI=1S/C32H38N4O3S/c1-24(2)39-28-12-10-27(11-13-28)31(37)35-17-14-26(15-18-35)30-33-29(23-40-30)32(38)36-21-19-34(20-22-36)16-6-9-25-7-4-3-5-8-25/h3-13,23-24,26H,14-22H2,1-2H3/b9-6-. The van der Waals surface area contributed by atoms with Gasteiger partial charge in [-0.05, 0) is 56.5 Å². The first-order valence-electron chi connectivity index (χ1n) is 14.2. The summed E-state index contributed by atoms with van der Waals surface area (Å²) in [6.45, 7) is 9.40. The van der Waals surface area contributed by atoms with Crippen LogP contribution in [0.1, 0.15) is 64.0 Å². The van der Waals surface area contributed by atoms with Crippen LogP contribution in [-0.2, 0) is 0 Å². The SMILES string of the molecule is CC(C)Oc1ccc(C(=O)N2CCC(c3nc(C(=O)N4CCN(C/C=C\c5ccccc5)CC4)cs3)CC2)cc1. The van der Waals surface area contributed by atoms with E-state index in [1.54, 1.807) is 11.3 Å². The molecule has 0 aliphatic carbocycles. The lowest BCUT2D eigenvalue weighted by Crippen LogP contribution is -2.48. The smallest absolute Gasteiger partial charge is 0.273 e. The van der Waals surface area contributed by atoms with Crippen LogP contribution in [0.3, 0.4) is 0 Å². The van der Waals surface area contributed by atoms with Crippen molar-refractivity contribution < 1.29 is 14.3 Å². The Hall–Kier alpha value is -3.49. The third-order valence-electron chi connectivity index (χ3n) is 7.48. The van der Waals surface area contributed by atoms with Gasteiger partial charge in [0.2, 0.25) is 0 Å². The number of aromatic nitrogens is 1. The predicted molar refractivity (Wildman–Crippen MR) is 160 cm³/mol. The van der Waals surface area contributed by atoms with Gasteiger partial charge >= 0.3 is 0 Å². The van der Waals surface area contributed by atoms with Gasteiger partial charge in [0.05, 0.1) is 11.1 Å². The number of thiazole rings is 1. The Balaban J connectivity index is 1.07. The van der Waals surface area contributed by atoms with E-state index in [0.29, 0.717) is 24.3 Å². The van der Waals surface area contributed by atoms with Gasteiger partial charge in [-0.2, -0.15) is 0 Å². The van der Waals surface area contributed by atoms with E-state index in [1.165, 1.54) is 5.56 Å². The van der Waals surface area contributed by atoms with Crippen LogP contribution in [0.2, 0.25) is 0 Å². The average molecular weight is 559 g/mol. The maximum Gasteiger partial charge on any atom is 0.273 e. The molecule has 2 fully saturated rings. The highest BCUT2D eigenvalue weighted by Gasteiger charge is 2.28. The first-order valence-corrected chi connectivity index (χ1v) is 15.1. The quantitative estimate of drug-likeness (QED) is 0.369. The fourth-order valence-electron chi connectivity index (χ4n) is 5.23. The topological polar surface area (TPSA) is 66.0 Å². The van der Waals surface area contributed by atoms with Gasteiger partial charge in [0.1, 0.15) is 11.4 Å². The van der Waals surface area contributed by atoms with Crippen LogP contribution < -0.4 is 4.74 Å². The van der Waals surface area contributed by atoms with Crippen molar-refractivity contribution in [1.29, 1.82) is 0 Å². The Labute approximate surface area is 241 Å². The maximum absolute atomic E-state index is 13.2. The number of carbonyl (C=O) groups excluding carboxylic acids is 2. The molecule has 0 saturated carbocycles. The molecule has 7 nitrogen and oxygen atoms in total. The van der Waals surface area contributed by atoms with Crippen molar-refractivity contribution >= 4 is 29.2 Å². The van der Waals surface area contributed by atoms with Crippen molar-refractivity contribution in [1.82, 2.24) is 19.7 Å². The lowest BCUT2D eigenvalue weighted by Gasteiger charge is -2.33. The van der Waals surface area contributed by atoms with Gasteiger partial charge in [-0.15, -0.1) is 11.3 Å². The van der Waals surface area contributed by atoms with Crippen LogP contribution in [0.15, 0.2) is 66.1 Å². The molecule has 2 aromatic carbocycles. The van der Waals surface area contributed by atoms with E-state index in [2.05, 4.69) is 29.2 Å². The number of nitrogens with zero attached hydrogens (tertiary/aromatic N) is 4. The van der Waals surface area contributed by atoms with Gasteiger partial charge in [-0.25, -0.2) is 4.98 Å². The number of benzene rings is 2. The molecule has 1 aromatic heterocycles. The first kappa shape index (κ1) is 28.1. The molecule has 2 aliphatic rings. The third kappa shape index (κ3) is 7.17. The number of amides is 2. The maximum atomic E-state index is 13.2. The molecule has 0 radical (unpaired) electrons. The second kappa shape index (κ2) is 13.2. The lowest BCUT2D eigenvalue weighted by atomic mass is 9.97. The summed E-state index contributed by atoms with van der Waals surface area (Å²) < 4.78 is 5.69. The minimum atomic E-state index is 0.0273. The third-order valence-corrected chi connectivity index (χ3v) is 8.49. The molecule has 3 aromatic rings. The second-order valence-electron chi connectivity index (χ2n) is 10.7. The second-order valence-corrected chi connectivity index (χ2v) is 11.6. The van der Waals surface area contributed by atoms with Crippen LogP contribution in [0.25, 0.3) is 6.08 Å². The van der Waals surface area contributed by atoms with E-state index in [4.69, 9.17) is 9.72 Å². The summed E-state index contributed by atoms with van der Waals surface area (Å²) in [4.78, 5) is 37.1. The number of hydrogen-bond acceptors (Lipinski definition) is 6. The van der Waals surface area contributed by atoms with Crippen molar-refractivity contribution in [3.63, 3.8) is 0 Å². The predicted octanol–water partition coefficient (Wildman–Crippen LogP) is 5.42. The number of ether oxygens (including phenoxy) is 1. The summed E-state index contributed by atoms with van der Waals surface area (Å²) in [7, 11) is 0. The Morgan fingerprint density at radius 1 is 0.925 bits per heavy atom. The summed E-state index contributed by atoms with van der Waals surface area (Å²) in [5, 5.41) is 2.92. The zero-order valence-electron chi connectivity index (χ0n) is 23.4. The molecule has 0 unspecified atom stereocenters. The fraction of sp³-hybridized carbons (Fsp3) is 0.406. The van der Waals surface area contributed by atoms with Crippen LogP contribution in [-0.4, -0.2) is 83.4 Å². The monoisotopic (exact) mass is 558 g/mol. The highest BCUT2D eigenvalue weighted by Crippen LogP contribution is 2.31. The molecule has 2 saturated heterocycles. The molecule has 0 bridgehead atoms. The van der Waals surface area contributed by atoms with Crippen LogP contribution in [0.5, 0.6) is 5.75 Å². The molecule has 0 atom stereocenters. The molecule has 2 aliphatic heterocycles. The van der Waals surface area contributed by atoms with E-state index in [0.717, 1.165) is 56.3 Å². The Morgan fingerprint density at radius 2 is 1.60 bits per heavy atom. The van der Waals surface area contributed by atoms with Gasteiger partial charge < -0.3 is 14.5 Å². The number of hydrogen-bond donors (Lipinski definition) is 0. The van der Waals surface area contributed by atoms with E-state index in [-0.39, 0.29) is 23.8 Å². The molecular formula is C32H38N4O3S. The summed E-state index contributed by atoms with van der Waals surface area (Å²) in [6.07, 6.45) is 6.16. The minimum Gasteiger partial charge on any atom is -0.491 e. The lowest BCUT2D eigenvalue weighted by molar-refractivity contribution is 0.0645. The molecule has 3 heterocycles. The minimum absolute atomic E-state index is 0.0273. The zero-order valence-corrected chi connectivity index (χ0v) is 24.2. The highest BCUT2D eigenvalue weighted by atomic mass is 32.1. The number of rotatable bonds is 8. The van der Waals surface area contributed by atoms with Crippen LogP contribution in [0, 0.1) is 0 Å². The molecule has 210 valence electrons. The van der Waals surface area contributed by atoms with Gasteiger partial charge in [0, 0.05) is 62.7 Å². The van der Waals surface area contributed by atoms with Crippen molar-refractivity contribution in [2.24, 2.45) is 0 Å². The molecule has 5 rings (SSSR count). The normalized spacial score (nSPS) is 17.1. The summed E-state index contributed by atoms with van der Waals surface area (Å²) in [5.41, 5.74) is 2.44. The molecule has 8 heteroatoms. The molecule has 0 spiro atoms. The highest BCUT2D eigenvalue weighted by molar-refractivity contribution is 7.09. The Morgan fingerprint density at radius 3 is 2.27 bits per heavy atom. The summed E-state index contributed by atoms with van der Waals surface area (Å²) >= 11 is 1.57. The van der Waals surface area contributed by atoms with E-state index >= 15 is 0 Å². The van der Waals surface area contributed by atoms with E-state index in [1.807, 2.05) is 71.5 Å². The van der Waals surface area contributed by atoms with Gasteiger partial charge in [-0.1, -0.05) is 42.5 Å². The van der Waals surface area contributed by atoms with Gasteiger partial charge in [-0.3, -0.25) is 14.5 Å². The van der Waals surface area contributed by atoms with Gasteiger partial charge in [0.15, 0.2) is 0 Å². The first-order chi connectivity index (χ1) is 19.5. The van der Waals surface area contributed by atoms with Crippen molar-refractivity contribution in [2.75, 3.05) is 45.8 Å². The zero-order chi connectivity index (χ0) is 27.9. The molecule has 40 heavy (non-hydrogen) atoms. The van der Waals surface area contributed by atoms with Crippen molar-refractivity contribution in [2.45, 2.75) is 38.7 Å². The van der Waals surface area contributed by atoms with Crippen LogP contribution in [0.4, 0.5) is 0 Å². The molecular weight excluding hydrogens is 520 g/mol. The number of piperazine rings is 1. The summed E-state index contributed by atoms with van der Waals surface area (Å²) in [6, 6.07) is 17.7. The molecule has 2 amide bonds. The number of piperidine rings is 1. The Bertz CT molecular complexity index is 1290. The Kier molecular flexibility index (Phi) is 9.29. The van der Waals surface area contributed by atoms with Gasteiger partial charge in [0.25, 0.3) is 11.8 Å². The molecule has 0 N–H and O–H groups in total. The van der Waals surface area contributed by atoms with Crippen LogP contribution >= 0.6 is 11.3 Å². The summed E-state index contributed by atoms with van der Waals surface area (Å²) in [5.74, 6) is 1.14. The van der Waals surface area contributed by atoms with E-state index < -0.39 is 0 Å². The van der Waals surface area contributed by atoms with E-state index in [9.17, 15) is 9.59 Å². The number of carbonyl (C=O) groups is 2. The average Bonchev–Trinajstić information content (AvgIpc) is 3.48. The van der Waals surface area contributed by atoms with Crippen molar-refractivity contribution in [3.05, 3.63) is 87.9 Å². The number of likely N-dealkylation sites (tertiary alicyclic amines) is 1. The fourth-order valence-corrected chi connectivity index (χ4v) is 6.20.